The van der Waals surface area contributed by atoms with Crippen LogP contribution in [0, 0.1) is 5.92 Å². The molecule has 0 bridgehead atoms. The summed E-state index contributed by atoms with van der Waals surface area (Å²) in [5.74, 6) is 0.713. The fourth-order valence-corrected chi connectivity index (χ4v) is 2.32. The lowest BCUT2D eigenvalue weighted by Gasteiger charge is -2.09. The van der Waals surface area contributed by atoms with Crippen LogP contribution in [0.25, 0.3) is 0 Å². The van der Waals surface area contributed by atoms with Crippen molar-refractivity contribution in [3.8, 4) is 0 Å². The lowest BCUT2D eigenvalue weighted by Crippen LogP contribution is -2.22. The maximum atomic E-state index is 5.35. The third-order valence-corrected chi connectivity index (χ3v) is 3.69. The van der Waals surface area contributed by atoms with Crippen LogP contribution in [0.2, 0.25) is 0 Å². The molecule has 88 valence electrons. The van der Waals surface area contributed by atoms with Crippen LogP contribution in [0.1, 0.15) is 12.0 Å². The summed E-state index contributed by atoms with van der Waals surface area (Å²) >= 11 is 1.78. The number of hydrogen-bond donors (Lipinski definition) is 1. The molecule has 1 aliphatic heterocycles. The quantitative estimate of drug-likeness (QED) is 0.795. The fraction of sp³-hybridized carbons (Fsp3) is 0.538. The van der Waals surface area contributed by atoms with Gasteiger partial charge in [-0.1, -0.05) is 12.1 Å². The minimum atomic E-state index is 0.713. The van der Waals surface area contributed by atoms with Gasteiger partial charge in [-0.15, -0.1) is 11.8 Å². The average molecular weight is 237 g/mol. The van der Waals surface area contributed by atoms with Gasteiger partial charge in [0.05, 0.1) is 6.61 Å². The van der Waals surface area contributed by atoms with Gasteiger partial charge in [-0.2, -0.15) is 0 Å². The Hall–Kier alpha value is -0.510. The Kier molecular flexibility index (Phi) is 4.69. The van der Waals surface area contributed by atoms with Crippen molar-refractivity contribution >= 4 is 11.8 Å². The smallest absolute Gasteiger partial charge is 0.0507 e. The van der Waals surface area contributed by atoms with Gasteiger partial charge in [0.1, 0.15) is 0 Å². The Labute approximate surface area is 102 Å². The second-order valence-corrected chi connectivity index (χ2v) is 5.09. The monoisotopic (exact) mass is 237 g/mol. The van der Waals surface area contributed by atoms with Crippen LogP contribution >= 0.6 is 11.8 Å². The molecule has 1 unspecified atom stereocenters. The second-order valence-electron chi connectivity index (χ2n) is 4.21. The van der Waals surface area contributed by atoms with Crippen molar-refractivity contribution in [3.05, 3.63) is 29.8 Å². The van der Waals surface area contributed by atoms with Crippen molar-refractivity contribution in [2.24, 2.45) is 5.92 Å². The molecular formula is C13H19NOS. The number of ether oxygens (including phenoxy) is 1. The first-order valence-electron chi connectivity index (χ1n) is 5.80. The molecule has 0 aromatic heterocycles. The molecule has 0 radical (unpaired) electrons. The SMILES string of the molecule is CSc1ccc(CNCC2CCOC2)cc1. The van der Waals surface area contributed by atoms with Crippen LogP contribution < -0.4 is 5.32 Å². The second kappa shape index (κ2) is 6.28. The van der Waals surface area contributed by atoms with Gasteiger partial charge >= 0.3 is 0 Å². The lowest BCUT2D eigenvalue weighted by molar-refractivity contribution is 0.185. The van der Waals surface area contributed by atoms with E-state index in [1.165, 1.54) is 16.9 Å². The molecule has 0 aliphatic carbocycles. The molecule has 1 aromatic carbocycles. The highest BCUT2D eigenvalue weighted by Gasteiger charge is 2.14. The summed E-state index contributed by atoms with van der Waals surface area (Å²) in [7, 11) is 0. The third kappa shape index (κ3) is 3.51. The minimum absolute atomic E-state index is 0.713. The van der Waals surface area contributed by atoms with Gasteiger partial charge in [0.15, 0.2) is 0 Å². The molecule has 0 spiro atoms. The summed E-state index contributed by atoms with van der Waals surface area (Å²) in [6.07, 6.45) is 3.31. The van der Waals surface area contributed by atoms with E-state index in [1.54, 1.807) is 11.8 Å². The summed E-state index contributed by atoms with van der Waals surface area (Å²) in [6.45, 7) is 3.91. The summed E-state index contributed by atoms with van der Waals surface area (Å²) in [6, 6.07) is 8.76. The van der Waals surface area contributed by atoms with Crippen molar-refractivity contribution < 1.29 is 4.74 Å². The Morgan fingerprint density at radius 2 is 2.19 bits per heavy atom. The number of rotatable bonds is 5. The zero-order valence-electron chi connectivity index (χ0n) is 9.74. The van der Waals surface area contributed by atoms with Gasteiger partial charge in [0.2, 0.25) is 0 Å². The van der Waals surface area contributed by atoms with Crippen molar-refractivity contribution in [3.63, 3.8) is 0 Å². The van der Waals surface area contributed by atoms with Gasteiger partial charge in [0, 0.05) is 24.6 Å². The van der Waals surface area contributed by atoms with E-state index in [0.717, 1.165) is 26.3 Å². The van der Waals surface area contributed by atoms with Crippen LogP contribution in [-0.2, 0) is 11.3 Å². The highest BCUT2D eigenvalue weighted by Crippen LogP contribution is 2.15. The topological polar surface area (TPSA) is 21.3 Å². The predicted octanol–water partition coefficient (Wildman–Crippen LogP) is 2.53. The highest BCUT2D eigenvalue weighted by atomic mass is 32.2. The average Bonchev–Trinajstić information content (AvgIpc) is 2.83. The number of hydrogen-bond acceptors (Lipinski definition) is 3. The molecule has 1 fully saturated rings. The lowest BCUT2D eigenvalue weighted by atomic mass is 10.1. The van der Waals surface area contributed by atoms with Crippen LogP contribution in [0.3, 0.4) is 0 Å². The summed E-state index contributed by atoms with van der Waals surface area (Å²) in [4.78, 5) is 1.33. The van der Waals surface area contributed by atoms with Gasteiger partial charge in [-0.05, 0) is 36.3 Å². The molecule has 1 saturated heterocycles. The minimum Gasteiger partial charge on any atom is -0.381 e. The van der Waals surface area contributed by atoms with Crippen LogP contribution in [-0.4, -0.2) is 26.0 Å². The Morgan fingerprint density at radius 1 is 1.38 bits per heavy atom. The Bertz CT molecular complexity index is 306. The van der Waals surface area contributed by atoms with Crippen molar-refractivity contribution in [2.75, 3.05) is 26.0 Å². The normalized spacial score (nSPS) is 20.2. The molecule has 3 heteroatoms. The Morgan fingerprint density at radius 3 is 2.81 bits per heavy atom. The van der Waals surface area contributed by atoms with Crippen molar-refractivity contribution in [1.82, 2.24) is 5.32 Å². The zero-order chi connectivity index (χ0) is 11.2. The number of thioether (sulfide) groups is 1. The molecule has 0 saturated carbocycles. The summed E-state index contributed by atoms with van der Waals surface area (Å²) < 4.78 is 5.35. The molecular weight excluding hydrogens is 218 g/mol. The standard InChI is InChI=1S/C13H19NOS/c1-16-13-4-2-11(3-5-13)8-14-9-12-6-7-15-10-12/h2-5,12,14H,6-10H2,1H3. The summed E-state index contributed by atoms with van der Waals surface area (Å²) in [5.41, 5.74) is 1.36. The molecule has 1 aliphatic rings. The van der Waals surface area contributed by atoms with E-state index in [1.807, 2.05) is 0 Å². The van der Waals surface area contributed by atoms with E-state index >= 15 is 0 Å². The Balaban J connectivity index is 1.71. The summed E-state index contributed by atoms with van der Waals surface area (Å²) in [5, 5.41) is 3.49. The molecule has 2 rings (SSSR count). The molecule has 1 heterocycles. The molecule has 1 atom stereocenters. The van der Waals surface area contributed by atoms with Crippen LogP contribution in [0.4, 0.5) is 0 Å². The largest absolute Gasteiger partial charge is 0.381 e. The van der Waals surface area contributed by atoms with Crippen LogP contribution in [0.5, 0.6) is 0 Å². The maximum Gasteiger partial charge on any atom is 0.0507 e. The predicted molar refractivity (Wildman–Crippen MR) is 68.9 cm³/mol. The van der Waals surface area contributed by atoms with Gasteiger partial charge < -0.3 is 10.1 Å². The van der Waals surface area contributed by atoms with Crippen LogP contribution in [0.15, 0.2) is 29.2 Å². The van der Waals surface area contributed by atoms with E-state index in [-0.39, 0.29) is 0 Å². The molecule has 2 nitrogen and oxygen atoms in total. The zero-order valence-corrected chi connectivity index (χ0v) is 10.6. The number of nitrogens with one attached hydrogen (secondary N) is 1. The van der Waals surface area contributed by atoms with E-state index in [2.05, 4.69) is 35.8 Å². The molecule has 16 heavy (non-hydrogen) atoms. The van der Waals surface area contributed by atoms with Crippen molar-refractivity contribution in [1.29, 1.82) is 0 Å². The maximum absolute atomic E-state index is 5.35. The van der Waals surface area contributed by atoms with Crippen molar-refractivity contribution in [2.45, 2.75) is 17.9 Å². The fourth-order valence-electron chi connectivity index (χ4n) is 1.91. The van der Waals surface area contributed by atoms with Gasteiger partial charge in [-0.3, -0.25) is 0 Å². The number of benzene rings is 1. The van der Waals surface area contributed by atoms with Gasteiger partial charge in [-0.25, -0.2) is 0 Å². The first-order valence-corrected chi connectivity index (χ1v) is 7.02. The third-order valence-electron chi connectivity index (χ3n) is 2.95. The first-order chi connectivity index (χ1) is 7.88. The molecule has 1 N–H and O–H groups in total. The first kappa shape index (κ1) is 12.0. The van der Waals surface area contributed by atoms with E-state index < -0.39 is 0 Å². The van der Waals surface area contributed by atoms with E-state index in [4.69, 9.17) is 4.74 Å². The molecule has 1 aromatic rings. The molecule has 0 amide bonds. The van der Waals surface area contributed by atoms with E-state index in [0.29, 0.717) is 5.92 Å². The highest BCUT2D eigenvalue weighted by molar-refractivity contribution is 7.98. The van der Waals surface area contributed by atoms with E-state index in [9.17, 15) is 0 Å². The van der Waals surface area contributed by atoms with Gasteiger partial charge in [0.25, 0.3) is 0 Å².